The van der Waals surface area contributed by atoms with Crippen LogP contribution in [0.4, 0.5) is 0 Å². The highest BCUT2D eigenvalue weighted by Gasteiger charge is 2.31. The lowest BCUT2D eigenvalue weighted by Gasteiger charge is -2.36. The first-order valence-electron chi connectivity index (χ1n) is 5.75. The van der Waals surface area contributed by atoms with Gasteiger partial charge in [-0.1, -0.05) is 0 Å². The van der Waals surface area contributed by atoms with E-state index in [2.05, 4.69) is 0 Å². The van der Waals surface area contributed by atoms with Crippen molar-refractivity contribution in [3.8, 4) is 0 Å². The summed E-state index contributed by atoms with van der Waals surface area (Å²) in [6.45, 7) is 6.87. The maximum absolute atomic E-state index is 12.2. The number of carbonyl (C=O) groups is 1. The number of rotatable bonds is 3. The van der Waals surface area contributed by atoms with Crippen LogP contribution in [0.25, 0.3) is 0 Å². The third kappa shape index (κ3) is 3.17. The number of hydrogen-bond donors (Lipinski definition) is 0. The van der Waals surface area contributed by atoms with Gasteiger partial charge in [0.15, 0.2) is 0 Å². The van der Waals surface area contributed by atoms with Crippen LogP contribution in [-0.4, -0.2) is 67.1 Å². The van der Waals surface area contributed by atoms with E-state index in [0.717, 1.165) is 0 Å². The second kappa shape index (κ2) is 5.32. The lowest BCUT2D eigenvalue weighted by Crippen LogP contribution is -2.54. The van der Waals surface area contributed by atoms with E-state index in [1.54, 1.807) is 11.9 Å². The lowest BCUT2D eigenvalue weighted by atomic mass is 10.3. The molecule has 1 fully saturated rings. The number of nitrogens with zero attached hydrogens (tertiary/aromatic N) is 3. The molecule has 1 amide bonds. The first-order chi connectivity index (χ1) is 7.76. The van der Waals surface area contributed by atoms with E-state index in [0.29, 0.717) is 26.2 Å². The molecule has 0 aromatic rings. The molecule has 0 N–H and O–H groups in total. The zero-order valence-electron chi connectivity index (χ0n) is 10.9. The van der Waals surface area contributed by atoms with Crippen LogP contribution in [0, 0.1) is 0 Å². The molecule has 0 unspecified atom stereocenters. The van der Waals surface area contributed by atoms with Gasteiger partial charge in [-0.25, -0.2) is 0 Å². The summed E-state index contributed by atoms with van der Waals surface area (Å²) in [7, 11) is -1.80. The molecule has 1 saturated heterocycles. The average molecular weight is 263 g/mol. The quantitative estimate of drug-likeness (QED) is 0.704. The van der Waals surface area contributed by atoms with Crippen LogP contribution in [0.2, 0.25) is 0 Å². The molecule has 0 atom stereocenters. The Morgan fingerprint density at radius 3 is 2.00 bits per heavy atom. The van der Waals surface area contributed by atoms with Crippen molar-refractivity contribution < 1.29 is 13.2 Å². The zero-order valence-corrected chi connectivity index (χ0v) is 11.7. The highest BCUT2D eigenvalue weighted by atomic mass is 32.2. The van der Waals surface area contributed by atoms with Crippen molar-refractivity contribution in [3.63, 3.8) is 0 Å². The minimum Gasteiger partial charge on any atom is -0.340 e. The Kier molecular flexibility index (Phi) is 4.51. The number of hydrogen-bond acceptors (Lipinski definition) is 3. The predicted molar refractivity (Wildman–Crippen MR) is 65.6 cm³/mol. The second-order valence-electron chi connectivity index (χ2n) is 4.52. The zero-order chi connectivity index (χ0) is 13.2. The Balaban J connectivity index is 2.68. The summed E-state index contributed by atoms with van der Waals surface area (Å²) in [4.78, 5) is 12.8. The minimum atomic E-state index is -3.38. The van der Waals surface area contributed by atoms with Crippen LogP contribution in [0.3, 0.4) is 0 Å². The monoisotopic (exact) mass is 263 g/mol. The summed E-state index contributed by atoms with van der Waals surface area (Å²) < 4.78 is 27.1. The molecule has 17 heavy (non-hydrogen) atoms. The number of amides is 1. The maximum atomic E-state index is 12.2. The fourth-order valence-electron chi connectivity index (χ4n) is 1.68. The molecule has 7 heteroatoms. The van der Waals surface area contributed by atoms with Crippen molar-refractivity contribution in [1.82, 2.24) is 13.5 Å². The summed E-state index contributed by atoms with van der Waals surface area (Å²) in [6, 6.07) is -0.0640. The van der Waals surface area contributed by atoms with Gasteiger partial charge in [-0.05, 0) is 13.8 Å². The van der Waals surface area contributed by atoms with E-state index in [4.69, 9.17) is 0 Å². The van der Waals surface area contributed by atoms with Gasteiger partial charge in [0.25, 0.3) is 10.2 Å². The molecule has 0 aromatic carbocycles. The Hall–Kier alpha value is -0.660. The molecule has 1 aliphatic rings. The topological polar surface area (TPSA) is 60.9 Å². The van der Waals surface area contributed by atoms with E-state index in [9.17, 15) is 13.2 Å². The standard InChI is InChI=1S/C10H21N3O3S/c1-9(2)11(4)17(15,16)13-7-5-12(6-8-13)10(3)14/h9H,5-8H2,1-4H3. The molecule has 0 bridgehead atoms. The second-order valence-corrected chi connectivity index (χ2v) is 6.51. The molecule has 6 nitrogen and oxygen atoms in total. The van der Waals surface area contributed by atoms with Crippen LogP contribution in [-0.2, 0) is 15.0 Å². The third-order valence-corrected chi connectivity index (χ3v) is 5.27. The first kappa shape index (κ1) is 14.4. The van der Waals surface area contributed by atoms with Crippen molar-refractivity contribution in [2.75, 3.05) is 33.2 Å². The SMILES string of the molecule is CC(=O)N1CCN(S(=O)(=O)N(C)C(C)C)CC1. The summed E-state index contributed by atoms with van der Waals surface area (Å²) in [5, 5.41) is 0. The molecular weight excluding hydrogens is 242 g/mol. The van der Waals surface area contributed by atoms with Gasteiger partial charge >= 0.3 is 0 Å². The molecule has 1 aliphatic heterocycles. The van der Waals surface area contributed by atoms with Crippen LogP contribution >= 0.6 is 0 Å². The van der Waals surface area contributed by atoms with E-state index < -0.39 is 10.2 Å². The molecule has 100 valence electrons. The molecular formula is C10H21N3O3S. The Morgan fingerprint density at radius 1 is 1.18 bits per heavy atom. The first-order valence-corrected chi connectivity index (χ1v) is 7.15. The Bertz CT molecular complexity index is 372. The van der Waals surface area contributed by atoms with E-state index in [1.165, 1.54) is 15.5 Å². The lowest BCUT2D eigenvalue weighted by molar-refractivity contribution is -0.130. The van der Waals surface area contributed by atoms with Gasteiger partial charge in [-0.15, -0.1) is 0 Å². The molecule has 0 saturated carbocycles. The Morgan fingerprint density at radius 2 is 1.65 bits per heavy atom. The summed E-state index contributed by atoms with van der Waals surface area (Å²) >= 11 is 0. The van der Waals surface area contributed by atoms with E-state index in [1.807, 2.05) is 13.8 Å². The van der Waals surface area contributed by atoms with Crippen LogP contribution in [0.5, 0.6) is 0 Å². The van der Waals surface area contributed by atoms with Crippen molar-refractivity contribution in [2.45, 2.75) is 26.8 Å². The van der Waals surface area contributed by atoms with Crippen LogP contribution < -0.4 is 0 Å². The largest absolute Gasteiger partial charge is 0.340 e. The van der Waals surface area contributed by atoms with Gasteiger partial charge in [0.1, 0.15) is 0 Å². The van der Waals surface area contributed by atoms with Crippen molar-refractivity contribution in [3.05, 3.63) is 0 Å². The van der Waals surface area contributed by atoms with E-state index >= 15 is 0 Å². The van der Waals surface area contributed by atoms with Gasteiger partial charge in [0, 0.05) is 46.2 Å². The van der Waals surface area contributed by atoms with Crippen LogP contribution in [0.15, 0.2) is 0 Å². The van der Waals surface area contributed by atoms with Crippen molar-refractivity contribution >= 4 is 16.1 Å². The van der Waals surface area contributed by atoms with Crippen molar-refractivity contribution in [1.29, 1.82) is 0 Å². The molecule has 0 aliphatic carbocycles. The molecule has 0 aromatic heterocycles. The smallest absolute Gasteiger partial charge is 0.282 e. The Labute approximate surface area is 103 Å². The van der Waals surface area contributed by atoms with Crippen LogP contribution in [0.1, 0.15) is 20.8 Å². The fraction of sp³-hybridized carbons (Fsp3) is 0.900. The van der Waals surface area contributed by atoms with Crippen molar-refractivity contribution in [2.24, 2.45) is 0 Å². The van der Waals surface area contributed by atoms with Gasteiger partial charge in [-0.2, -0.15) is 17.0 Å². The minimum absolute atomic E-state index is 0.000683. The summed E-state index contributed by atoms with van der Waals surface area (Å²) in [5.41, 5.74) is 0. The highest BCUT2D eigenvalue weighted by Crippen LogP contribution is 2.13. The average Bonchev–Trinajstić information content (AvgIpc) is 2.27. The third-order valence-electron chi connectivity index (χ3n) is 3.10. The molecule has 0 spiro atoms. The van der Waals surface area contributed by atoms with Gasteiger partial charge in [-0.3, -0.25) is 4.79 Å². The number of piperazine rings is 1. The summed E-state index contributed by atoms with van der Waals surface area (Å²) in [5.74, 6) is -0.000683. The molecule has 1 rings (SSSR count). The van der Waals surface area contributed by atoms with E-state index in [-0.39, 0.29) is 11.9 Å². The van der Waals surface area contributed by atoms with Gasteiger partial charge in [0.2, 0.25) is 5.91 Å². The van der Waals surface area contributed by atoms with Gasteiger partial charge < -0.3 is 4.90 Å². The summed E-state index contributed by atoms with van der Waals surface area (Å²) in [6.07, 6.45) is 0. The predicted octanol–water partition coefficient (Wildman–Crippen LogP) is -0.264. The fourth-order valence-corrected chi connectivity index (χ4v) is 3.20. The molecule has 0 radical (unpaired) electrons. The van der Waals surface area contributed by atoms with Gasteiger partial charge in [0.05, 0.1) is 0 Å². The number of carbonyl (C=O) groups excluding carboxylic acids is 1. The molecule has 1 heterocycles. The maximum Gasteiger partial charge on any atom is 0.282 e. The normalized spacial score (nSPS) is 19.1. The highest BCUT2D eigenvalue weighted by molar-refractivity contribution is 7.86.